The van der Waals surface area contributed by atoms with Crippen molar-refractivity contribution in [2.24, 2.45) is 0 Å². The second kappa shape index (κ2) is 17.9. The molecule has 0 aliphatic heterocycles. The van der Waals surface area contributed by atoms with Crippen molar-refractivity contribution in [2.75, 3.05) is 26.1 Å². The Labute approximate surface area is 286 Å². The topological polar surface area (TPSA) is 171 Å². The third-order valence-electron chi connectivity index (χ3n) is 5.98. The van der Waals surface area contributed by atoms with Crippen molar-refractivity contribution in [1.82, 2.24) is 15.0 Å². The van der Waals surface area contributed by atoms with E-state index in [9.17, 15) is 27.2 Å². The Morgan fingerprint density at radius 2 is 1.67 bits per heavy atom. The Morgan fingerprint density at radius 1 is 1.02 bits per heavy atom. The van der Waals surface area contributed by atoms with Crippen LogP contribution < -0.4 is 29.6 Å². The standard InChI is InChI=1S/C17H13ClFNO4.C16H17N3O5S/c1-3-8-22-17(21)11(2)23-13-4-6-14(7-5-13)24-16-15(19)9-12(18)10-20-16;1-17-16(21)18-11-7-9-12(10-8-11)25(22,23)19-15(20)13-5-3-4-6-14(13)24-2/h1,4-7,9-11H,8H2,2H3;3-10H,1-2H3,(H,19,20)(H2,17,18,21)/t11-;/m1./s1. The van der Waals surface area contributed by atoms with E-state index in [-0.39, 0.29) is 33.7 Å². The summed E-state index contributed by atoms with van der Waals surface area (Å²) >= 11 is 5.62. The van der Waals surface area contributed by atoms with Crippen LogP contribution in [0.2, 0.25) is 5.02 Å². The molecule has 1 aromatic heterocycles. The molecular weight excluding hydrogens is 683 g/mol. The molecular formula is C33H30ClFN4O9S. The number of benzene rings is 3. The van der Waals surface area contributed by atoms with E-state index in [2.05, 4.69) is 21.5 Å². The van der Waals surface area contributed by atoms with Crippen molar-refractivity contribution in [2.45, 2.75) is 17.9 Å². The van der Waals surface area contributed by atoms with Gasteiger partial charge >= 0.3 is 12.0 Å². The summed E-state index contributed by atoms with van der Waals surface area (Å²) in [5.74, 6) is 0.982. The maximum atomic E-state index is 13.6. The number of aromatic nitrogens is 1. The average Bonchev–Trinajstić information content (AvgIpc) is 3.09. The monoisotopic (exact) mass is 712 g/mol. The molecule has 0 fully saturated rings. The van der Waals surface area contributed by atoms with E-state index in [1.165, 1.54) is 57.6 Å². The maximum absolute atomic E-state index is 13.6. The molecule has 0 saturated carbocycles. The molecule has 13 nitrogen and oxygen atoms in total. The van der Waals surface area contributed by atoms with Gasteiger partial charge in [-0.2, -0.15) is 0 Å². The third kappa shape index (κ3) is 11.4. The first kappa shape index (κ1) is 37.6. The van der Waals surface area contributed by atoms with Crippen LogP contribution in [0.5, 0.6) is 23.1 Å². The third-order valence-corrected chi connectivity index (χ3v) is 7.54. The highest BCUT2D eigenvalue weighted by Crippen LogP contribution is 2.26. The van der Waals surface area contributed by atoms with Gasteiger partial charge in [-0.05, 0) is 73.7 Å². The number of ether oxygens (including phenoxy) is 4. The molecule has 3 N–H and O–H groups in total. The number of terminal acetylenes is 1. The first-order valence-corrected chi connectivity index (χ1v) is 15.9. The highest BCUT2D eigenvalue weighted by Gasteiger charge is 2.21. The second-order valence-electron chi connectivity index (χ2n) is 9.45. The van der Waals surface area contributed by atoms with E-state index in [0.717, 1.165) is 6.07 Å². The molecule has 0 radical (unpaired) electrons. The van der Waals surface area contributed by atoms with Crippen LogP contribution in [0.15, 0.2) is 90.0 Å². The summed E-state index contributed by atoms with van der Waals surface area (Å²) < 4.78 is 60.8. The number of sulfonamides is 1. The molecule has 0 unspecified atom stereocenters. The van der Waals surface area contributed by atoms with Crippen LogP contribution in [-0.2, 0) is 19.6 Å². The lowest BCUT2D eigenvalue weighted by Crippen LogP contribution is -2.31. The van der Waals surface area contributed by atoms with Crippen LogP contribution in [0.25, 0.3) is 0 Å². The summed E-state index contributed by atoms with van der Waals surface area (Å²) in [7, 11) is -1.22. The number of carbonyl (C=O) groups is 3. The van der Waals surface area contributed by atoms with Gasteiger partial charge in [0.05, 0.1) is 22.6 Å². The molecule has 4 aromatic rings. The predicted octanol–water partition coefficient (Wildman–Crippen LogP) is 5.18. The summed E-state index contributed by atoms with van der Waals surface area (Å²) in [6.07, 6.45) is 5.47. The van der Waals surface area contributed by atoms with E-state index in [0.29, 0.717) is 17.2 Å². The van der Waals surface area contributed by atoms with Gasteiger partial charge < -0.3 is 29.6 Å². The Balaban J connectivity index is 0.000000266. The largest absolute Gasteiger partial charge is 0.496 e. The van der Waals surface area contributed by atoms with Gasteiger partial charge in [-0.1, -0.05) is 29.7 Å². The summed E-state index contributed by atoms with van der Waals surface area (Å²) in [6, 6.07) is 18.6. The molecule has 0 spiro atoms. The first-order valence-electron chi connectivity index (χ1n) is 14.0. The van der Waals surface area contributed by atoms with Crippen LogP contribution in [0.1, 0.15) is 17.3 Å². The quantitative estimate of drug-likeness (QED) is 0.139. The number of urea groups is 1. The summed E-state index contributed by atoms with van der Waals surface area (Å²) in [5.41, 5.74) is 0.515. The van der Waals surface area contributed by atoms with Crippen molar-refractivity contribution in [3.05, 3.63) is 101 Å². The molecule has 0 bridgehead atoms. The number of methoxy groups -OCH3 is 1. The number of esters is 1. The van der Waals surface area contributed by atoms with Crippen molar-refractivity contribution < 1.29 is 46.1 Å². The zero-order valence-electron chi connectivity index (χ0n) is 26.2. The first-order chi connectivity index (χ1) is 23.4. The second-order valence-corrected chi connectivity index (χ2v) is 11.6. The maximum Gasteiger partial charge on any atom is 0.347 e. The van der Waals surface area contributed by atoms with Gasteiger partial charge in [-0.3, -0.25) is 4.79 Å². The van der Waals surface area contributed by atoms with Crippen molar-refractivity contribution in [3.8, 4) is 35.5 Å². The zero-order valence-corrected chi connectivity index (χ0v) is 27.8. The number of pyridine rings is 1. The van der Waals surface area contributed by atoms with Gasteiger partial charge in [0.2, 0.25) is 0 Å². The fourth-order valence-electron chi connectivity index (χ4n) is 3.64. The average molecular weight is 713 g/mol. The lowest BCUT2D eigenvalue weighted by molar-refractivity contribution is -0.149. The Morgan fingerprint density at radius 3 is 2.29 bits per heavy atom. The minimum absolute atomic E-state index is 0.103. The molecule has 1 atom stereocenters. The van der Waals surface area contributed by atoms with Gasteiger partial charge in [0.1, 0.15) is 17.2 Å². The van der Waals surface area contributed by atoms with Gasteiger partial charge in [0.15, 0.2) is 18.5 Å². The fraction of sp³-hybridized carbons (Fsp3) is 0.152. The number of rotatable bonds is 11. The van der Waals surface area contributed by atoms with Crippen LogP contribution >= 0.6 is 11.6 Å². The number of halogens is 2. The summed E-state index contributed by atoms with van der Waals surface area (Å²) in [4.78, 5) is 38.6. The normalized spacial score (nSPS) is 10.9. The lowest BCUT2D eigenvalue weighted by Gasteiger charge is -2.13. The molecule has 16 heteroatoms. The van der Waals surface area contributed by atoms with Crippen molar-refractivity contribution in [1.29, 1.82) is 0 Å². The Bertz CT molecular complexity index is 1920. The number of hydrogen-bond donors (Lipinski definition) is 3. The van der Waals surface area contributed by atoms with Gasteiger partial charge in [0, 0.05) is 18.9 Å². The van der Waals surface area contributed by atoms with Crippen molar-refractivity contribution >= 4 is 45.2 Å². The van der Waals surface area contributed by atoms with E-state index in [4.69, 9.17) is 37.0 Å². The highest BCUT2D eigenvalue weighted by molar-refractivity contribution is 7.90. The van der Waals surface area contributed by atoms with E-state index >= 15 is 0 Å². The molecule has 256 valence electrons. The zero-order chi connectivity index (χ0) is 36.0. The minimum Gasteiger partial charge on any atom is -0.496 e. The lowest BCUT2D eigenvalue weighted by atomic mass is 10.2. The Hall–Kier alpha value is -5.85. The van der Waals surface area contributed by atoms with E-state index < -0.39 is 39.9 Å². The number of para-hydroxylation sites is 1. The summed E-state index contributed by atoms with van der Waals surface area (Å²) in [6.45, 7) is 1.43. The molecule has 3 aromatic carbocycles. The van der Waals surface area contributed by atoms with Gasteiger partial charge in [0.25, 0.3) is 21.8 Å². The van der Waals surface area contributed by atoms with Crippen LogP contribution in [-0.4, -0.2) is 58.2 Å². The Kier molecular flexibility index (Phi) is 13.7. The smallest absolute Gasteiger partial charge is 0.347 e. The molecule has 0 aliphatic carbocycles. The van der Waals surface area contributed by atoms with Gasteiger partial charge in [-0.15, -0.1) is 6.42 Å². The van der Waals surface area contributed by atoms with E-state index in [1.54, 1.807) is 42.5 Å². The number of nitrogens with zero attached hydrogens (tertiary/aromatic N) is 1. The van der Waals surface area contributed by atoms with Crippen LogP contribution in [0, 0.1) is 18.2 Å². The number of carbonyl (C=O) groups excluding carboxylic acids is 3. The van der Waals surface area contributed by atoms with E-state index in [1.807, 2.05) is 4.72 Å². The molecule has 1 heterocycles. The molecule has 0 aliphatic rings. The molecule has 0 saturated heterocycles. The number of amides is 3. The van der Waals surface area contributed by atoms with Gasteiger partial charge in [-0.25, -0.2) is 32.1 Å². The summed E-state index contributed by atoms with van der Waals surface area (Å²) in [5, 5.41) is 5.05. The van der Waals surface area contributed by atoms with Crippen LogP contribution in [0.3, 0.4) is 0 Å². The van der Waals surface area contributed by atoms with Crippen LogP contribution in [0.4, 0.5) is 14.9 Å². The fourth-order valence-corrected chi connectivity index (χ4v) is 4.75. The highest BCUT2D eigenvalue weighted by atomic mass is 35.5. The predicted molar refractivity (Wildman–Crippen MR) is 178 cm³/mol. The molecule has 49 heavy (non-hydrogen) atoms. The number of anilines is 1. The number of hydrogen-bond acceptors (Lipinski definition) is 10. The SMILES string of the molecule is C#CCOC(=O)[C@@H](C)Oc1ccc(Oc2ncc(Cl)cc2F)cc1.CNC(=O)Nc1ccc(S(=O)(=O)NC(=O)c2ccccc2OC)cc1. The minimum atomic E-state index is -4.07. The van der Waals surface area contributed by atoms with Crippen molar-refractivity contribution in [3.63, 3.8) is 0 Å². The number of nitrogens with one attached hydrogen (secondary N) is 3. The molecule has 3 amide bonds. The molecule has 4 rings (SSSR count).